The van der Waals surface area contributed by atoms with Crippen molar-refractivity contribution in [2.75, 3.05) is 26.9 Å². The summed E-state index contributed by atoms with van der Waals surface area (Å²) in [6.07, 6.45) is 2.80. The van der Waals surface area contributed by atoms with Gasteiger partial charge in [0.2, 0.25) is 0 Å². The van der Waals surface area contributed by atoms with E-state index in [9.17, 15) is 0 Å². The van der Waals surface area contributed by atoms with E-state index in [0.29, 0.717) is 19.8 Å². The molecule has 0 bridgehead atoms. The Bertz CT molecular complexity index is 331. The zero-order valence-corrected chi connectivity index (χ0v) is 11.9. The number of nitrogens with two attached hydrogens (primary N) is 1. The van der Waals surface area contributed by atoms with Crippen LogP contribution in [-0.2, 0) is 16.0 Å². The van der Waals surface area contributed by atoms with E-state index in [4.69, 9.17) is 15.2 Å². The lowest BCUT2D eigenvalue weighted by atomic mass is 10.2. The molecule has 0 amide bonds. The van der Waals surface area contributed by atoms with Crippen molar-refractivity contribution in [1.29, 1.82) is 0 Å². The highest BCUT2D eigenvalue weighted by Gasteiger charge is 2.16. The van der Waals surface area contributed by atoms with Gasteiger partial charge in [0.15, 0.2) is 0 Å². The number of hydrogen-bond donors (Lipinski definition) is 1. The lowest BCUT2D eigenvalue weighted by molar-refractivity contribution is 0.0625. The minimum atomic E-state index is -0.171. The summed E-state index contributed by atoms with van der Waals surface area (Å²) in [5, 5.41) is 4.28. The second kappa shape index (κ2) is 7.81. The molecular formula is C11H20BrN3O2. The highest BCUT2D eigenvalue weighted by atomic mass is 79.9. The standard InChI is InChI=1S/C11H20BrN3O2/c1-3-4-15-11(9(12)7-14-15)10(13)8-17-6-5-16-2/h7,10H,3-6,8,13H2,1-2H3. The molecule has 0 fully saturated rings. The van der Waals surface area contributed by atoms with E-state index in [2.05, 4.69) is 28.0 Å². The lowest BCUT2D eigenvalue weighted by Crippen LogP contribution is -2.22. The number of halogens is 1. The summed E-state index contributed by atoms with van der Waals surface area (Å²) in [5.74, 6) is 0. The van der Waals surface area contributed by atoms with Gasteiger partial charge in [0.05, 0.1) is 42.2 Å². The van der Waals surface area contributed by atoms with Crippen LogP contribution < -0.4 is 5.73 Å². The maximum absolute atomic E-state index is 6.10. The molecule has 1 aromatic heterocycles. The Balaban J connectivity index is 2.54. The van der Waals surface area contributed by atoms with Crippen molar-refractivity contribution in [2.24, 2.45) is 5.73 Å². The van der Waals surface area contributed by atoms with E-state index in [1.54, 1.807) is 13.3 Å². The summed E-state index contributed by atoms with van der Waals surface area (Å²) in [7, 11) is 1.65. The molecule has 1 aromatic rings. The van der Waals surface area contributed by atoms with Crippen LogP contribution >= 0.6 is 15.9 Å². The Morgan fingerprint density at radius 2 is 2.29 bits per heavy atom. The van der Waals surface area contributed by atoms with Crippen molar-refractivity contribution in [3.63, 3.8) is 0 Å². The number of methoxy groups -OCH3 is 1. The van der Waals surface area contributed by atoms with Crippen LogP contribution in [-0.4, -0.2) is 36.7 Å². The van der Waals surface area contributed by atoms with Crippen molar-refractivity contribution in [3.8, 4) is 0 Å². The van der Waals surface area contributed by atoms with E-state index in [0.717, 1.165) is 23.1 Å². The largest absolute Gasteiger partial charge is 0.382 e. The van der Waals surface area contributed by atoms with Crippen LogP contribution in [0.2, 0.25) is 0 Å². The van der Waals surface area contributed by atoms with E-state index in [-0.39, 0.29) is 6.04 Å². The third kappa shape index (κ3) is 4.39. The fraction of sp³-hybridized carbons (Fsp3) is 0.727. The first-order valence-corrected chi connectivity index (χ1v) is 6.53. The molecule has 0 aliphatic carbocycles. The van der Waals surface area contributed by atoms with Crippen molar-refractivity contribution < 1.29 is 9.47 Å². The fourth-order valence-corrected chi connectivity index (χ4v) is 2.15. The molecule has 5 nitrogen and oxygen atoms in total. The lowest BCUT2D eigenvalue weighted by Gasteiger charge is -2.15. The Hall–Kier alpha value is -0.430. The normalized spacial score (nSPS) is 12.9. The monoisotopic (exact) mass is 305 g/mol. The summed E-state index contributed by atoms with van der Waals surface area (Å²) in [5.41, 5.74) is 7.09. The predicted molar refractivity (Wildman–Crippen MR) is 69.8 cm³/mol. The SMILES string of the molecule is CCCn1ncc(Br)c1C(N)COCCOC. The number of aryl methyl sites for hydroxylation is 1. The number of ether oxygens (including phenoxy) is 2. The third-order valence-electron chi connectivity index (χ3n) is 2.35. The molecule has 0 aliphatic heterocycles. The third-order valence-corrected chi connectivity index (χ3v) is 2.96. The summed E-state index contributed by atoms with van der Waals surface area (Å²) in [6.45, 7) is 4.59. The van der Waals surface area contributed by atoms with Crippen LogP contribution in [0, 0.1) is 0 Å². The van der Waals surface area contributed by atoms with Gasteiger partial charge in [-0.1, -0.05) is 6.92 Å². The zero-order valence-electron chi connectivity index (χ0n) is 10.4. The Kier molecular flexibility index (Phi) is 6.72. The average molecular weight is 306 g/mol. The minimum Gasteiger partial charge on any atom is -0.382 e. The van der Waals surface area contributed by atoms with Gasteiger partial charge in [-0.25, -0.2) is 0 Å². The predicted octanol–water partition coefficient (Wildman–Crippen LogP) is 1.72. The molecule has 17 heavy (non-hydrogen) atoms. The van der Waals surface area contributed by atoms with Gasteiger partial charge < -0.3 is 15.2 Å². The molecule has 0 aliphatic rings. The van der Waals surface area contributed by atoms with Gasteiger partial charge in [-0.15, -0.1) is 0 Å². The number of nitrogens with zero attached hydrogens (tertiary/aromatic N) is 2. The summed E-state index contributed by atoms with van der Waals surface area (Å²) < 4.78 is 13.2. The van der Waals surface area contributed by atoms with Gasteiger partial charge in [0, 0.05) is 13.7 Å². The first kappa shape index (κ1) is 14.6. The summed E-state index contributed by atoms with van der Waals surface area (Å²) in [6, 6.07) is -0.171. The first-order chi connectivity index (χ1) is 8.20. The van der Waals surface area contributed by atoms with E-state index in [1.807, 2.05) is 4.68 Å². The van der Waals surface area contributed by atoms with Gasteiger partial charge in [-0.2, -0.15) is 5.10 Å². The second-order valence-electron chi connectivity index (χ2n) is 3.78. The molecule has 0 aromatic carbocycles. The van der Waals surface area contributed by atoms with Gasteiger partial charge >= 0.3 is 0 Å². The van der Waals surface area contributed by atoms with Gasteiger partial charge in [0.1, 0.15) is 0 Å². The van der Waals surface area contributed by atoms with Crippen molar-refractivity contribution in [2.45, 2.75) is 25.9 Å². The van der Waals surface area contributed by atoms with Crippen LogP contribution in [0.1, 0.15) is 25.1 Å². The molecule has 0 saturated carbocycles. The minimum absolute atomic E-state index is 0.171. The fourth-order valence-electron chi connectivity index (χ4n) is 1.56. The Labute approximate surface area is 110 Å². The van der Waals surface area contributed by atoms with Crippen LogP contribution in [0.15, 0.2) is 10.7 Å². The van der Waals surface area contributed by atoms with Crippen LogP contribution in [0.5, 0.6) is 0 Å². The van der Waals surface area contributed by atoms with Gasteiger partial charge in [-0.3, -0.25) is 4.68 Å². The summed E-state index contributed by atoms with van der Waals surface area (Å²) >= 11 is 3.47. The topological polar surface area (TPSA) is 62.3 Å². The zero-order chi connectivity index (χ0) is 12.7. The van der Waals surface area contributed by atoms with E-state index in [1.165, 1.54) is 0 Å². The quantitative estimate of drug-likeness (QED) is 0.743. The van der Waals surface area contributed by atoms with Crippen LogP contribution in [0.4, 0.5) is 0 Å². The van der Waals surface area contributed by atoms with Crippen LogP contribution in [0.3, 0.4) is 0 Å². The maximum atomic E-state index is 6.10. The number of rotatable bonds is 8. The van der Waals surface area contributed by atoms with E-state index < -0.39 is 0 Å². The maximum Gasteiger partial charge on any atom is 0.0717 e. The molecule has 1 unspecified atom stereocenters. The molecule has 1 rings (SSSR count). The smallest absolute Gasteiger partial charge is 0.0717 e. The molecule has 2 N–H and O–H groups in total. The van der Waals surface area contributed by atoms with Gasteiger partial charge in [-0.05, 0) is 22.4 Å². The Morgan fingerprint density at radius 3 is 2.94 bits per heavy atom. The second-order valence-corrected chi connectivity index (χ2v) is 4.63. The molecule has 0 radical (unpaired) electrons. The highest BCUT2D eigenvalue weighted by molar-refractivity contribution is 9.10. The molecule has 1 atom stereocenters. The van der Waals surface area contributed by atoms with Crippen LogP contribution in [0.25, 0.3) is 0 Å². The van der Waals surface area contributed by atoms with Crippen molar-refractivity contribution >= 4 is 15.9 Å². The summed E-state index contributed by atoms with van der Waals surface area (Å²) in [4.78, 5) is 0. The first-order valence-electron chi connectivity index (χ1n) is 5.74. The van der Waals surface area contributed by atoms with E-state index >= 15 is 0 Å². The van der Waals surface area contributed by atoms with Crippen molar-refractivity contribution in [1.82, 2.24) is 9.78 Å². The van der Waals surface area contributed by atoms with Gasteiger partial charge in [0.25, 0.3) is 0 Å². The molecular weight excluding hydrogens is 286 g/mol. The molecule has 6 heteroatoms. The Morgan fingerprint density at radius 1 is 1.53 bits per heavy atom. The highest BCUT2D eigenvalue weighted by Crippen LogP contribution is 2.22. The molecule has 98 valence electrons. The number of hydrogen-bond acceptors (Lipinski definition) is 4. The molecule has 0 saturated heterocycles. The average Bonchev–Trinajstić information content (AvgIpc) is 2.66. The van der Waals surface area contributed by atoms with Crippen molar-refractivity contribution in [3.05, 3.63) is 16.4 Å². The molecule has 0 spiro atoms. The molecule has 1 heterocycles. The number of aromatic nitrogens is 2.